The van der Waals surface area contributed by atoms with E-state index in [1.807, 2.05) is 19.1 Å². The highest BCUT2D eigenvalue weighted by Gasteiger charge is 2.14. The molecule has 0 aliphatic heterocycles. The molecule has 0 spiro atoms. The lowest BCUT2D eigenvalue weighted by Crippen LogP contribution is -2.31. The van der Waals surface area contributed by atoms with Gasteiger partial charge in [0.05, 0.1) is 27.9 Å². The summed E-state index contributed by atoms with van der Waals surface area (Å²) in [5, 5.41) is 6.97. The van der Waals surface area contributed by atoms with Gasteiger partial charge in [0.15, 0.2) is 17.5 Å². The molecule has 24 heavy (non-hydrogen) atoms. The summed E-state index contributed by atoms with van der Waals surface area (Å²) < 4.78 is 16.1. The molecular weight excluding hydrogens is 441 g/mol. The van der Waals surface area contributed by atoms with Crippen molar-refractivity contribution in [1.82, 2.24) is 5.32 Å². The molecule has 0 saturated carbocycles. The van der Waals surface area contributed by atoms with Crippen molar-refractivity contribution in [2.24, 2.45) is 4.99 Å². The lowest BCUT2D eigenvalue weighted by atomic mass is 10.2. The van der Waals surface area contributed by atoms with E-state index in [0.29, 0.717) is 22.5 Å². The Hall–Kier alpha value is -1.03. The highest BCUT2D eigenvalue weighted by molar-refractivity contribution is 14.0. The number of aliphatic imine (C=N–C) groups is 1. The quantitative estimate of drug-likeness (QED) is 0.346. The van der Waals surface area contributed by atoms with Crippen molar-refractivity contribution < 1.29 is 14.2 Å². The Morgan fingerprint density at radius 1 is 1.17 bits per heavy atom. The maximum absolute atomic E-state index is 5.37. The minimum Gasteiger partial charge on any atom is -0.493 e. The molecule has 1 unspecified atom stereocenters. The Labute approximate surface area is 166 Å². The predicted molar refractivity (Wildman–Crippen MR) is 114 cm³/mol. The van der Waals surface area contributed by atoms with E-state index in [0.717, 1.165) is 24.7 Å². The lowest BCUT2D eigenvalue weighted by molar-refractivity contribution is 0.324. The van der Waals surface area contributed by atoms with E-state index in [-0.39, 0.29) is 24.0 Å². The molecule has 2 N–H and O–H groups in total. The molecule has 0 heterocycles. The number of guanidine groups is 1. The molecule has 1 atom stereocenters. The van der Waals surface area contributed by atoms with Crippen molar-refractivity contribution in [2.75, 3.05) is 46.0 Å². The first kappa shape index (κ1) is 23.0. The molecule has 8 heteroatoms. The van der Waals surface area contributed by atoms with E-state index in [4.69, 9.17) is 14.2 Å². The normalized spacial score (nSPS) is 12.0. The first-order valence-corrected chi connectivity index (χ1v) is 8.76. The largest absolute Gasteiger partial charge is 0.493 e. The van der Waals surface area contributed by atoms with Crippen LogP contribution in [0, 0.1) is 0 Å². The Balaban J connectivity index is 0.00000529. The summed E-state index contributed by atoms with van der Waals surface area (Å²) in [7, 11) is 4.78. The standard InChI is InChI=1S/C16H27N3O3S.HI/c1-7-17-16(18-10-11(2)23-6)19-12-8-13(20-3)15(22-5)14(9-12)21-4;/h8-9,11H,7,10H2,1-6H3,(H2,17,18,19);1H. The van der Waals surface area contributed by atoms with Gasteiger partial charge in [0.2, 0.25) is 5.75 Å². The number of anilines is 1. The number of hydrogen-bond donors (Lipinski definition) is 2. The first-order valence-electron chi connectivity index (χ1n) is 7.47. The van der Waals surface area contributed by atoms with E-state index in [2.05, 4.69) is 28.8 Å². The smallest absolute Gasteiger partial charge is 0.203 e. The summed E-state index contributed by atoms with van der Waals surface area (Å²) in [4.78, 5) is 4.59. The van der Waals surface area contributed by atoms with Gasteiger partial charge in [0.25, 0.3) is 0 Å². The van der Waals surface area contributed by atoms with Gasteiger partial charge in [0.1, 0.15) is 0 Å². The van der Waals surface area contributed by atoms with Gasteiger partial charge in [-0.2, -0.15) is 11.8 Å². The number of rotatable bonds is 8. The van der Waals surface area contributed by atoms with E-state index in [9.17, 15) is 0 Å². The minimum absolute atomic E-state index is 0. The molecule has 1 aromatic rings. The van der Waals surface area contributed by atoms with Gasteiger partial charge in [0, 0.05) is 29.6 Å². The van der Waals surface area contributed by atoms with Gasteiger partial charge in [-0.1, -0.05) is 6.92 Å². The topological polar surface area (TPSA) is 64.1 Å². The number of nitrogens with one attached hydrogen (secondary N) is 2. The number of thioether (sulfide) groups is 1. The fourth-order valence-electron chi connectivity index (χ4n) is 1.89. The average molecular weight is 469 g/mol. The maximum Gasteiger partial charge on any atom is 0.203 e. The van der Waals surface area contributed by atoms with Crippen LogP contribution in [0.15, 0.2) is 17.1 Å². The Kier molecular flexibility index (Phi) is 11.8. The van der Waals surface area contributed by atoms with Crippen LogP contribution in [0.5, 0.6) is 17.2 Å². The molecule has 1 rings (SSSR count). The molecule has 0 radical (unpaired) electrons. The fourth-order valence-corrected chi connectivity index (χ4v) is 2.12. The van der Waals surface area contributed by atoms with E-state index < -0.39 is 0 Å². The molecule has 0 bridgehead atoms. The number of hydrogen-bond acceptors (Lipinski definition) is 5. The van der Waals surface area contributed by atoms with Gasteiger partial charge in [-0.25, -0.2) is 0 Å². The van der Waals surface area contributed by atoms with Gasteiger partial charge >= 0.3 is 0 Å². The molecule has 0 aromatic heterocycles. The zero-order valence-corrected chi connectivity index (χ0v) is 18.3. The van der Waals surface area contributed by atoms with Crippen molar-refractivity contribution in [1.29, 1.82) is 0 Å². The number of ether oxygens (including phenoxy) is 3. The Morgan fingerprint density at radius 3 is 2.17 bits per heavy atom. The molecule has 0 aliphatic rings. The van der Waals surface area contributed by atoms with E-state index >= 15 is 0 Å². The summed E-state index contributed by atoms with van der Waals surface area (Å²) in [5.74, 6) is 2.49. The molecule has 0 fully saturated rings. The van der Waals surface area contributed by atoms with E-state index in [1.54, 1.807) is 33.1 Å². The Bertz CT molecular complexity index is 504. The second-order valence-corrected chi connectivity index (χ2v) is 6.08. The highest BCUT2D eigenvalue weighted by atomic mass is 127. The number of methoxy groups -OCH3 is 3. The molecule has 0 saturated heterocycles. The summed E-state index contributed by atoms with van der Waals surface area (Å²) >= 11 is 1.79. The second kappa shape index (κ2) is 12.3. The van der Waals surface area contributed by atoms with Crippen LogP contribution in [0.3, 0.4) is 0 Å². The van der Waals surface area contributed by atoms with Crippen molar-refractivity contribution >= 4 is 47.4 Å². The Morgan fingerprint density at radius 2 is 1.75 bits per heavy atom. The van der Waals surface area contributed by atoms with Gasteiger partial charge < -0.3 is 24.8 Å². The monoisotopic (exact) mass is 469 g/mol. The van der Waals surface area contributed by atoms with E-state index in [1.165, 1.54) is 0 Å². The summed E-state index contributed by atoms with van der Waals surface area (Å²) in [5.41, 5.74) is 0.816. The first-order chi connectivity index (χ1) is 11.1. The van der Waals surface area contributed by atoms with Crippen LogP contribution >= 0.6 is 35.7 Å². The molecule has 1 aromatic carbocycles. The number of nitrogens with zero attached hydrogens (tertiary/aromatic N) is 1. The SMILES string of the molecule is CCNC(=NCC(C)SC)Nc1cc(OC)c(OC)c(OC)c1.I. The lowest BCUT2D eigenvalue weighted by Gasteiger charge is -2.16. The van der Waals surface area contributed by atoms with Crippen LogP contribution in [0.25, 0.3) is 0 Å². The highest BCUT2D eigenvalue weighted by Crippen LogP contribution is 2.39. The zero-order valence-electron chi connectivity index (χ0n) is 15.1. The number of benzene rings is 1. The molecule has 6 nitrogen and oxygen atoms in total. The summed E-state index contributed by atoms with van der Waals surface area (Å²) in [6, 6.07) is 3.71. The zero-order chi connectivity index (χ0) is 17.2. The van der Waals surface area contributed by atoms with Crippen molar-refractivity contribution in [3.05, 3.63) is 12.1 Å². The predicted octanol–water partition coefficient (Wildman–Crippen LogP) is 3.46. The van der Waals surface area contributed by atoms with Crippen LogP contribution in [0.4, 0.5) is 5.69 Å². The van der Waals surface area contributed by atoms with Crippen molar-refractivity contribution in [3.63, 3.8) is 0 Å². The van der Waals surface area contributed by atoms with Gasteiger partial charge in [-0.05, 0) is 13.2 Å². The van der Waals surface area contributed by atoms with Gasteiger partial charge in [-0.3, -0.25) is 4.99 Å². The summed E-state index contributed by atoms with van der Waals surface area (Å²) in [6.45, 7) is 5.70. The maximum atomic E-state index is 5.37. The minimum atomic E-state index is 0. The third kappa shape index (κ3) is 6.84. The molecular formula is C16H28IN3O3S. The van der Waals surface area contributed by atoms with Gasteiger partial charge in [-0.15, -0.1) is 24.0 Å². The van der Waals surface area contributed by atoms with Crippen LogP contribution in [0.2, 0.25) is 0 Å². The summed E-state index contributed by atoms with van der Waals surface area (Å²) in [6.07, 6.45) is 2.08. The third-order valence-electron chi connectivity index (χ3n) is 3.18. The van der Waals surface area contributed by atoms with Crippen LogP contribution in [-0.4, -0.2) is 51.9 Å². The second-order valence-electron chi connectivity index (χ2n) is 4.80. The van der Waals surface area contributed by atoms with Crippen LogP contribution in [0.1, 0.15) is 13.8 Å². The third-order valence-corrected chi connectivity index (χ3v) is 4.13. The average Bonchev–Trinajstić information content (AvgIpc) is 2.58. The van der Waals surface area contributed by atoms with Crippen molar-refractivity contribution in [3.8, 4) is 17.2 Å². The fraction of sp³-hybridized carbons (Fsp3) is 0.562. The molecule has 0 aliphatic carbocycles. The number of halogens is 1. The van der Waals surface area contributed by atoms with Crippen LogP contribution < -0.4 is 24.8 Å². The molecule has 138 valence electrons. The van der Waals surface area contributed by atoms with Crippen molar-refractivity contribution in [2.45, 2.75) is 19.1 Å². The molecule has 0 amide bonds. The van der Waals surface area contributed by atoms with Crippen LogP contribution in [-0.2, 0) is 0 Å².